The van der Waals surface area contributed by atoms with E-state index >= 15 is 0 Å². The van der Waals surface area contributed by atoms with Gasteiger partial charge in [0.2, 0.25) is 11.8 Å². The lowest BCUT2D eigenvalue weighted by Crippen LogP contribution is -2.22. The summed E-state index contributed by atoms with van der Waals surface area (Å²) in [5.41, 5.74) is 0. The third kappa shape index (κ3) is 6.55. The molecule has 0 saturated carbocycles. The zero-order valence-electron chi connectivity index (χ0n) is 12.2. The SMILES string of the molecule is CCCCCCCCCCC=CN1C(=O)CCC1=O. The van der Waals surface area contributed by atoms with Crippen molar-refractivity contribution >= 4 is 11.8 Å². The van der Waals surface area contributed by atoms with E-state index in [9.17, 15) is 9.59 Å². The number of carbonyl (C=O) groups is 2. The molecule has 19 heavy (non-hydrogen) atoms. The Morgan fingerprint density at radius 1 is 0.895 bits per heavy atom. The van der Waals surface area contributed by atoms with Crippen LogP contribution in [0.3, 0.4) is 0 Å². The Kier molecular flexibility index (Phi) is 8.19. The van der Waals surface area contributed by atoms with Crippen molar-refractivity contribution < 1.29 is 9.59 Å². The number of nitrogens with zero attached hydrogens (tertiary/aromatic N) is 1. The lowest BCUT2D eigenvalue weighted by molar-refractivity contribution is -0.135. The molecule has 0 bridgehead atoms. The van der Waals surface area contributed by atoms with E-state index in [4.69, 9.17) is 0 Å². The van der Waals surface area contributed by atoms with Gasteiger partial charge in [0.1, 0.15) is 0 Å². The van der Waals surface area contributed by atoms with Crippen LogP contribution in [0.5, 0.6) is 0 Å². The Hall–Kier alpha value is -1.12. The van der Waals surface area contributed by atoms with Gasteiger partial charge in [-0.1, -0.05) is 57.9 Å². The van der Waals surface area contributed by atoms with Crippen molar-refractivity contribution in [1.29, 1.82) is 0 Å². The molecule has 0 radical (unpaired) electrons. The highest BCUT2D eigenvalue weighted by Gasteiger charge is 2.26. The van der Waals surface area contributed by atoms with Gasteiger partial charge in [0.05, 0.1) is 0 Å². The van der Waals surface area contributed by atoms with E-state index in [1.54, 1.807) is 6.20 Å². The fourth-order valence-electron chi connectivity index (χ4n) is 2.34. The molecule has 0 aromatic rings. The minimum Gasteiger partial charge on any atom is -0.274 e. The van der Waals surface area contributed by atoms with Gasteiger partial charge in [0.25, 0.3) is 0 Å². The zero-order valence-corrected chi connectivity index (χ0v) is 12.2. The molecule has 1 aliphatic rings. The van der Waals surface area contributed by atoms with Crippen molar-refractivity contribution in [3.05, 3.63) is 12.3 Å². The molecule has 0 aromatic carbocycles. The van der Waals surface area contributed by atoms with Gasteiger partial charge in [-0.3, -0.25) is 14.5 Å². The lowest BCUT2D eigenvalue weighted by atomic mass is 10.1. The maximum Gasteiger partial charge on any atom is 0.233 e. The van der Waals surface area contributed by atoms with E-state index in [1.165, 1.54) is 49.8 Å². The third-order valence-corrected chi connectivity index (χ3v) is 3.57. The van der Waals surface area contributed by atoms with Crippen LogP contribution in [0.4, 0.5) is 0 Å². The van der Waals surface area contributed by atoms with E-state index in [2.05, 4.69) is 6.92 Å². The molecule has 1 fully saturated rings. The first-order valence-electron chi connectivity index (χ1n) is 7.77. The summed E-state index contributed by atoms with van der Waals surface area (Å²) in [7, 11) is 0. The van der Waals surface area contributed by atoms with Gasteiger partial charge in [0, 0.05) is 19.0 Å². The number of rotatable bonds is 10. The quantitative estimate of drug-likeness (QED) is 0.439. The Bertz CT molecular complexity index is 294. The highest BCUT2D eigenvalue weighted by Crippen LogP contribution is 2.13. The second-order valence-electron chi connectivity index (χ2n) is 5.31. The predicted molar refractivity (Wildman–Crippen MR) is 77.5 cm³/mol. The van der Waals surface area contributed by atoms with Crippen molar-refractivity contribution in [2.24, 2.45) is 0 Å². The van der Waals surface area contributed by atoms with E-state index in [-0.39, 0.29) is 11.8 Å². The summed E-state index contributed by atoms with van der Waals surface area (Å²) >= 11 is 0. The predicted octanol–water partition coefficient (Wildman–Crippen LogP) is 4.18. The van der Waals surface area contributed by atoms with Crippen LogP contribution in [0.2, 0.25) is 0 Å². The van der Waals surface area contributed by atoms with E-state index < -0.39 is 0 Å². The molecule has 0 unspecified atom stereocenters. The van der Waals surface area contributed by atoms with E-state index in [0.717, 1.165) is 12.8 Å². The Morgan fingerprint density at radius 2 is 1.42 bits per heavy atom. The molecule has 1 heterocycles. The van der Waals surface area contributed by atoms with Crippen LogP contribution in [0.15, 0.2) is 12.3 Å². The van der Waals surface area contributed by atoms with Gasteiger partial charge >= 0.3 is 0 Å². The van der Waals surface area contributed by atoms with Gasteiger partial charge in [-0.2, -0.15) is 0 Å². The van der Waals surface area contributed by atoms with Gasteiger partial charge in [-0.25, -0.2) is 0 Å². The maximum absolute atomic E-state index is 11.3. The Balaban J connectivity index is 1.96. The number of hydrogen-bond donors (Lipinski definition) is 0. The molecular weight excluding hydrogens is 238 g/mol. The van der Waals surface area contributed by atoms with Crippen LogP contribution in [-0.4, -0.2) is 16.7 Å². The fourth-order valence-corrected chi connectivity index (χ4v) is 2.34. The van der Waals surface area contributed by atoms with E-state index in [1.807, 2.05) is 6.08 Å². The standard InChI is InChI=1S/C16H27NO2/c1-2-3-4-5-6-7-8-9-10-11-14-17-15(18)12-13-16(17)19/h11,14H,2-10,12-13H2,1H3. The molecule has 2 amide bonds. The van der Waals surface area contributed by atoms with Crippen molar-refractivity contribution in [1.82, 2.24) is 4.90 Å². The van der Waals surface area contributed by atoms with Crippen molar-refractivity contribution in [2.45, 2.75) is 77.6 Å². The summed E-state index contributed by atoms with van der Waals surface area (Å²) in [6, 6.07) is 0. The molecule has 0 spiro atoms. The lowest BCUT2D eigenvalue weighted by Gasteiger charge is -2.06. The largest absolute Gasteiger partial charge is 0.274 e. The van der Waals surface area contributed by atoms with Gasteiger partial charge in [0.15, 0.2) is 0 Å². The first-order chi connectivity index (χ1) is 9.25. The van der Waals surface area contributed by atoms with Crippen LogP contribution in [0.1, 0.15) is 77.6 Å². The molecule has 3 heteroatoms. The van der Waals surface area contributed by atoms with Crippen LogP contribution in [-0.2, 0) is 9.59 Å². The van der Waals surface area contributed by atoms with Crippen molar-refractivity contribution in [2.75, 3.05) is 0 Å². The average molecular weight is 265 g/mol. The van der Waals surface area contributed by atoms with E-state index in [0.29, 0.717) is 12.8 Å². The van der Waals surface area contributed by atoms with Crippen LogP contribution >= 0.6 is 0 Å². The minimum absolute atomic E-state index is 0.0582. The number of carbonyl (C=O) groups excluding carboxylic acids is 2. The molecule has 1 rings (SSSR count). The first kappa shape index (κ1) is 15.9. The summed E-state index contributed by atoms with van der Waals surface area (Å²) in [6.07, 6.45) is 15.8. The molecule has 1 saturated heterocycles. The zero-order chi connectivity index (χ0) is 13.9. The first-order valence-corrected chi connectivity index (χ1v) is 7.77. The highest BCUT2D eigenvalue weighted by atomic mass is 16.2. The number of amides is 2. The molecule has 1 aliphatic heterocycles. The molecule has 3 nitrogen and oxygen atoms in total. The third-order valence-electron chi connectivity index (χ3n) is 3.57. The summed E-state index contributed by atoms with van der Waals surface area (Å²) in [5.74, 6) is -0.116. The number of unbranched alkanes of at least 4 members (excludes halogenated alkanes) is 8. The van der Waals surface area contributed by atoms with Crippen LogP contribution in [0, 0.1) is 0 Å². The molecular formula is C16H27NO2. The number of allylic oxidation sites excluding steroid dienone is 1. The average Bonchev–Trinajstić information content (AvgIpc) is 2.72. The molecule has 0 atom stereocenters. The number of imide groups is 1. The number of likely N-dealkylation sites (tertiary alicyclic amines) is 1. The molecule has 0 aromatic heterocycles. The van der Waals surface area contributed by atoms with Crippen LogP contribution < -0.4 is 0 Å². The number of hydrogen-bond acceptors (Lipinski definition) is 2. The second-order valence-corrected chi connectivity index (χ2v) is 5.31. The van der Waals surface area contributed by atoms with Crippen molar-refractivity contribution in [3.8, 4) is 0 Å². The van der Waals surface area contributed by atoms with Gasteiger partial charge < -0.3 is 0 Å². The topological polar surface area (TPSA) is 37.4 Å². The Morgan fingerprint density at radius 3 is 2.00 bits per heavy atom. The van der Waals surface area contributed by atoms with Crippen LogP contribution in [0.25, 0.3) is 0 Å². The van der Waals surface area contributed by atoms with Gasteiger partial charge in [-0.15, -0.1) is 0 Å². The Labute approximate surface area is 117 Å². The molecule has 0 aliphatic carbocycles. The highest BCUT2D eigenvalue weighted by molar-refractivity contribution is 6.02. The normalized spacial score (nSPS) is 15.9. The molecule has 108 valence electrons. The monoisotopic (exact) mass is 265 g/mol. The fraction of sp³-hybridized carbons (Fsp3) is 0.750. The summed E-state index contributed by atoms with van der Waals surface area (Å²) < 4.78 is 0. The summed E-state index contributed by atoms with van der Waals surface area (Å²) in [4.78, 5) is 23.9. The summed E-state index contributed by atoms with van der Waals surface area (Å²) in [5, 5.41) is 0. The maximum atomic E-state index is 11.3. The van der Waals surface area contributed by atoms with Crippen molar-refractivity contribution in [3.63, 3.8) is 0 Å². The smallest absolute Gasteiger partial charge is 0.233 e. The van der Waals surface area contributed by atoms with Gasteiger partial charge in [-0.05, 0) is 12.8 Å². The summed E-state index contributed by atoms with van der Waals surface area (Å²) in [6.45, 7) is 2.24. The minimum atomic E-state index is -0.0582. The second kappa shape index (κ2) is 9.76. The molecule has 0 N–H and O–H groups in total.